The maximum Gasteiger partial charge on any atom is 0.260 e. The molecule has 0 unspecified atom stereocenters. The fourth-order valence-corrected chi connectivity index (χ4v) is 3.23. The van der Waals surface area contributed by atoms with Crippen LogP contribution in [0.1, 0.15) is 18.4 Å². The molecular weight excluding hydrogens is 368 g/mol. The number of benzene rings is 2. The zero-order chi connectivity index (χ0) is 20.5. The van der Waals surface area contributed by atoms with Gasteiger partial charge in [-0.25, -0.2) is 0 Å². The number of nitrogens with zero attached hydrogens (tertiary/aromatic N) is 1. The molecule has 0 saturated carbocycles. The van der Waals surface area contributed by atoms with Gasteiger partial charge >= 0.3 is 0 Å². The van der Waals surface area contributed by atoms with Crippen LogP contribution in [0.4, 0.5) is 0 Å². The number of rotatable bonds is 7. The molecule has 29 heavy (non-hydrogen) atoms. The lowest BCUT2D eigenvalue weighted by Crippen LogP contribution is -2.47. The van der Waals surface area contributed by atoms with Crippen LogP contribution in [0.3, 0.4) is 0 Å². The van der Waals surface area contributed by atoms with E-state index in [0.29, 0.717) is 24.6 Å². The Hall–Kier alpha value is -3.28. The topological polar surface area (TPSA) is 67.9 Å². The van der Waals surface area contributed by atoms with E-state index in [4.69, 9.17) is 9.47 Å². The fourth-order valence-electron chi connectivity index (χ4n) is 3.23. The molecule has 152 valence electrons. The number of amides is 2. The minimum atomic E-state index is -0.113. The van der Waals surface area contributed by atoms with Crippen LogP contribution in [0.25, 0.3) is 6.08 Å². The number of hydrogen-bond acceptors (Lipinski definition) is 4. The molecule has 2 amide bonds. The van der Waals surface area contributed by atoms with E-state index in [1.165, 1.54) is 0 Å². The van der Waals surface area contributed by atoms with Crippen molar-refractivity contribution >= 4 is 17.9 Å². The van der Waals surface area contributed by atoms with E-state index in [0.717, 1.165) is 18.4 Å². The zero-order valence-corrected chi connectivity index (χ0v) is 16.5. The van der Waals surface area contributed by atoms with Gasteiger partial charge in [-0.3, -0.25) is 9.59 Å². The molecule has 1 N–H and O–H groups in total. The largest absolute Gasteiger partial charge is 0.493 e. The lowest BCUT2D eigenvalue weighted by molar-refractivity contribution is -0.134. The lowest BCUT2D eigenvalue weighted by Gasteiger charge is -2.32. The number of hydrogen-bond donors (Lipinski definition) is 1. The lowest BCUT2D eigenvalue weighted by atomic mass is 10.0. The van der Waals surface area contributed by atoms with Crippen LogP contribution in [0, 0.1) is 0 Å². The van der Waals surface area contributed by atoms with Gasteiger partial charge in [-0.05, 0) is 36.6 Å². The van der Waals surface area contributed by atoms with Crippen molar-refractivity contribution in [3.05, 3.63) is 66.2 Å². The van der Waals surface area contributed by atoms with Crippen LogP contribution < -0.4 is 14.8 Å². The van der Waals surface area contributed by atoms with Crippen LogP contribution in [-0.4, -0.2) is 49.6 Å². The van der Waals surface area contributed by atoms with Crippen molar-refractivity contribution < 1.29 is 19.1 Å². The van der Waals surface area contributed by atoms with Gasteiger partial charge in [-0.2, -0.15) is 0 Å². The van der Waals surface area contributed by atoms with Crippen molar-refractivity contribution in [2.45, 2.75) is 18.9 Å². The summed E-state index contributed by atoms with van der Waals surface area (Å²) >= 11 is 0. The summed E-state index contributed by atoms with van der Waals surface area (Å²) in [6.45, 7) is 1.17. The molecule has 1 saturated heterocycles. The summed E-state index contributed by atoms with van der Waals surface area (Å²) in [6, 6.07) is 17.0. The average molecular weight is 394 g/mol. The molecular formula is C23H26N2O4. The Bertz CT molecular complexity index is 843. The van der Waals surface area contributed by atoms with Gasteiger partial charge < -0.3 is 19.7 Å². The Morgan fingerprint density at radius 2 is 1.69 bits per heavy atom. The number of piperidine rings is 1. The first-order valence-corrected chi connectivity index (χ1v) is 9.73. The molecule has 0 bridgehead atoms. The third-order valence-corrected chi connectivity index (χ3v) is 4.84. The van der Waals surface area contributed by atoms with Crippen LogP contribution in [0.15, 0.2) is 60.7 Å². The molecule has 1 fully saturated rings. The van der Waals surface area contributed by atoms with E-state index >= 15 is 0 Å². The van der Waals surface area contributed by atoms with Gasteiger partial charge in [0.2, 0.25) is 5.91 Å². The van der Waals surface area contributed by atoms with E-state index in [1.807, 2.05) is 42.5 Å². The van der Waals surface area contributed by atoms with Crippen LogP contribution in [-0.2, 0) is 9.59 Å². The van der Waals surface area contributed by atoms with Gasteiger partial charge in [-0.1, -0.05) is 42.5 Å². The first kappa shape index (κ1) is 20.5. The maximum absolute atomic E-state index is 12.4. The highest BCUT2D eigenvalue weighted by molar-refractivity contribution is 5.91. The van der Waals surface area contributed by atoms with Gasteiger partial charge in [0.05, 0.1) is 7.11 Å². The Morgan fingerprint density at radius 3 is 2.38 bits per heavy atom. The summed E-state index contributed by atoms with van der Waals surface area (Å²) in [5.74, 6) is 0.976. The van der Waals surface area contributed by atoms with Gasteiger partial charge in [0.25, 0.3) is 5.91 Å². The minimum absolute atomic E-state index is 0.0305. The number of carbonyl (C=O) groups is 2. The van der Waals surface area contributed by atoms with E-state index in [9.17, 15) is 9.59 Å². The second-order valence-electron chi connectivity index (χ2n) is 6.85. The Balaban J connectivity index is 1.41. The predicted molar refractivity (Wildman–Crippen MR) is 112 cm³/mol. The van der Waals surface area contributed by atoms with E-state index < -0.39 is 0 Å². The summed E-state index contributed by atoms with van der Waals surface area (Å²) in [7, 11) is 1.57. The van der Waals surface area contributed by atoms with Gasteiger partial charge in [0.15, 0.2) is 18.1 Å². The summed E-state index contributed by atoms with van der Waals surface area (Å²) in [4.78, 5) is 26.3. The third-order valence-electron chi connectivity index (χ3n) is 4.84. The van der Waals surface area contributed by atoms with E-state index in [2.05, 4.69) is 5.32 Å². The molecule has 1 aliphatic rings. The highest BCUT2D eigenvalue weighted by Crippen LogP contribution is 2.25. The summed E-state index contributed by atoms with van der Waals surface area (Å²) in [5, 5.41) is 3.01. The molecule has 2 aromatic rings. The number of carbonyl (C=O) groups excluding carboxylic acids is 2. The Labute approximate surface area is 171 Å². The summed E-state index contributed by atoms with van der Waals surface area (Å²) in [6.07, 6.45) is 4.80. The fraction of sp³-hybridized carbons (Fsp3) is 0.304. The van der Waals surface area contributed by atoms with Crippen LogP contribution in [0.5, 0.6) is 11.5 Å². The molecule has 1 aliphatic heterocycles. The van der Waals surface area contributed by atoms with Crippen molar-refractivity contribution in [1.29, 1.82) is 0 Å². The number of ether oxygens (including phenoxy) is 2. The van der Waals surface area contributed by atoms with Crippen molar-refractivity contribution in [2.75, 3.05) is 26.8 Å². The standard InChI is InChI=1S/C23H26N2O4/c1-28-20-9-5-6-10-21(20)29-17-23(27)25-15-13-19(14-16-25)24-22(26)12-11-18-7-3-2-4-8-18/h2-12,19H,13-17H2,1H3,(H,24,26)/b12-11+. The van der Waals surface area contributed by atoms with Gasteiger partial charge in [0.1, 0.15) is 0 Å². The van der Waals surface area contributed by atoms with Crippen LogP contribution in [0.2, 0.25) is 0 Å². The second-order valence-corrected chi connectivity index (χ2v) is 6.85. The normalized spacial score (nSPS) is 14.6. The molecule has 0 radical (unpaired) electrons. The highest BCUT2D eigenvalue weighted by Gasteiger charge is 2.23. The highest BCUT2D eigenvalue weighted by atomic mass is 16.5. The molecule has 0 aromatic heterocycles. The molecule has 2 aromatic carbocycles. The maximum atomic E-state index is 12.4. The molecule has 6 nitrogen and oxygen atoms in total. The van der Waals surface area contributed by atoms with Crippen molar-refractivity contribution in [2.24, 2.45) is 0 Å². The van der Waals surface area contributed by atoms with E-state index in [-0.39, 0.29) is 24.5 Å². The average Bonchev–Trinajstić information content (AvgIpc) is 2.77. The Morgan fingerprint density at radius 1 is 1.03 bits per heavy atom. The SMILES string of the molecule is COc1ccccc1OCC(=O)N1CCC(NC(=O)/C=C/c2ccccc2)CC1. The second kappa shape index (κ2) is 10.3. The molecule has 0 spiro atoms. The number of methoxy groups -OCH3 is 1. The molecule has 0 atom stereocenters. The summed E-state index contributed by atoms with van der Waals surface area (Å²) in [5.41, 5.74) is 0.984. The minimum Gasteiger partial charge on any atom is -0.493 e. The van der Waals surface area contributed by atoms with Gasteiger partial charge in [-0.15, -0.1) is 0 Å². The third kappa shape index (κ3) is 6.10. The predicted octanol–water partition coefficient (Wildman–Crippen LogP) is 2.89. The molecule has 1 heterocycles. The number of nitrogens with one attached hydrogen (secondary N) is 1. The first-order valence-electron chi connectivity index (χ1n) is 9.73. The van der Waals surface area contributed by atoms with E-state index in [1.54, 1.807) is 36.3 Å². The molecule has 6 heteroatoms. The molecule has 0 aliphatic carbocycles. The molecule has 3 rings (SSSR count). The quantitative estimate of drug-likeness (QED) is 0.734. The number of likely N-dealkylation sites (tertiary alicyclic amines) is 1. The monoisotopic (exact) mass is 394 g/mol. The smallest absolute Gasteiger partial charge is 0.260 e. The van der Waals surface area contributed by atoms with Crippen molar-refractivity contribution in [3.63, 3.8) is 0 Å². The number of para-hydroxylation sites is 2. The van der Waals surface area contributed by atoms with Gasteiger partial charge in [0, 0.05) is 25.2 Å². The van der Waals surface area contributed by atoms with Crippen molar-refractivity contribution in [1.82, 2.24) is 10.2 Å². The summed E-state index contributed by atoms with van der Waals surface area (Å²) < 4.78 is 10.8. The first-order chi connectivity index (χ1) is 14.2. The zero-order valence-electron chi connectivity index (χ0n) is 16.5. The Kier molecular flexibility index (Phi) is 7.28. The van der Waals surface area contributed by atoms with Crippen LogP contribution >= 0.6 is 0 Å². The van der Waals surface area contributed by atoms with Crippen molar-refractivity contribution in [3.8, 4) is 11.5 Å².